The molecule has 0 N–H and O–H groups in total. The molecule has 166 valence electrons. The van der Waals surface area contributed by atoms with E-state index in [4.69, 9.17) is 9.47 Å². The summed E-state index contributed by atoms with van der Waals surface area (Å²) in [5, 5.41) is 0. The Kier molecular flexibility index (Phi) is 9.84. The third-order valence-corrected chi connectivity index (χ3v) is 6.23. The molecule has 0 saturated heterocycles. The van der Waals surface area contributed by atoms with Crippen molar-refractivity contribution in [3.05, 3.63) is 59.7 Å². The van der Waals surface area contributed by atoms with E-state index in [-0.39, 0.29) is 0 Å². The van der Waals surface area contributed by atoms with Gasteiger partial charge < -0.3 is 9.47 Å². The van der Waals surface area contributed by atoms with Crippen LogP contribution in [0.2, 0.25) is 0 Å². The molecule has 0 unspecified atom stereocenters. The first kappa shape index (κ1) is 23.3. The minimum Gasteiger partial charge on any atom is -0.494 e. The van der Waals surface area contributed by atoms with Crippen LogP contribution in [-0.4, -0.2) is 13.2 Å². The van der Waals surface area contributed by atoms with Crippen molar-refractivity contribution in [1.82, 2.24) is 0 Å². The van der Waals surface area contributed by atoms with Gasteiger partial charge in [0.05, 0.1) is 13.2 Å². The molecule has 1 saturated carbocycles. The second kappa shape index (κ2) is 13.1. The van der Waals surface area contributed by atoms with Crippen LogP contribution in [0.3, 0.4) is 0 Å². The summed E-state index contributed by atoms with van der Waals surface area (Å²) in [7, 11) is 0. The molecule has 0 amide bonds. The minimum absolute atomic E-state index is 0.714. The lowest BCUT2D eigenvalue weighted by Gasteiger charge is -2.28. The number of rotatable bonds is 10. The van der Waals surface area contributed by atoms with Crippen molar-refractivity contribution in [2.24, 2.45) is 11.8 Å². The van der Waals surface area contributed by atoms with E-state index in [1.165, 1.54) is 51.4 Å². The first-order valence-corrected chi connectivity index (χ1v) is 12.2. The average molecular weight is 419 g/mol. The summed E-state index contributed by atoms with van der Waals surface area (Å²) in [6, 6.07) is 16.2. The fourth-order valence-electron chi connectivity index (χ4n) is 4.26. The zero-order valence-electron chi connectivity index (χ0n) is 19.4. The van der Waals surface area contributed by atoms with Gasteiger partial charge in [0.25, 0.3) is 0 Å². The van der Waals surface area contributed by atoms with Gasteiger partial charge >= 0.3 is 0 Å². The molecule has 0 spiro atoms. The van der Waals surface area contributed by atoms with Crippen molar-refractivity contribution in [3.8, 4) is 23.3 Å². The van der Waals surface area contributed by atoms with Crippen LogP contribution in [-0.2, 0) is 0 Å². The van der Waals surface area contributed by atoms with Crippen LogP contribution < -0.4 is 9.47 Å². The Labute approximate surface area is 189 Å². The quantitative estimate of drug-likeness (QED) is 0.291. The maximum atomic E-state index is 6.06. The number of benzene rings is 2. The standard InChI is InChI=1S/C29H38O2/c1-3-5-6-22-30-28-18-14-25(15-19-28)8-9-26-16-20-29(21-17-26)31-23-27-12-10-24(7-4-2)11-13-27/h14-21,24,27H,3-7,10-13,22-23H2,1-2H3/t24-,27-. The molecule has 2 nitrogen and oxygen atoms in total. The van der Waals surface area contributed by atoms with E-state index < -0.39 is 0 Å². The van der Waals surface area contributed by atoms with Crippen LogP contribution in [0.4, 0.5) is 0 Å². The Morgan fingerprint density at radius 2 is 1.23 bits per heavy atom. The average Bonchev–Trinajstić information content (AvgIpc) is 2.82. The molecule has 0 aliphatic heterocycles. The van der Waals surface area contributed by atoms with Crippen LogP contribution in [0, 0.1) is 23.7 Å². The van der Waals surface area contributed by atoms with Gasteiger partial charge in [0.1, 0.15) is 11.5 Å². The number of hydrogen-bond donors (Lipinski definition) is 0. The summed E-state index contributed by atoms with van der Waals surface area (Å²) < 4.78 is 11.8. The Hall–Kier alpha value is -2.40. The predicted molar refractivity (Wildman–Crippen MR) is 130 cm³/mol. The highest BCUT2D eigenvalue weighted by atomic mass is 16.5. The van der Waals surface area contributed by atoms with E-state index in [0.29, 0.717) is 5.92 Å². The first-order valence-electron chi connectivity index (χ1n) is 12.2. The summed E-state index contributed by atoms with van der Waals surface area (Å²) in [6.45, 7) is 6.13. The Morgan fingerprint density at radius 1 is 0.677 bits per heavy atom. The highest BCUT2D eigenvalue weighted by molar-refractivity contribution is 5.45. The highest BCUT2D eigenvalue weighted by Gasteiger charge is 2.20. The lowest BCUT2D eigenvalue weighted by molar-refractivity contribution is 0.178. The zero-order valence-corrected chi connectivity index (χ0v) is 19.4. The second-order valence-electron chi connectivity index (χ2n) is 8.84. The number of ether oxygens (including phenoxy) is 2. The van der Waals surface area contributed by atoms with Crippen molar-refractivity contribution in [2.45, 2.75) is 71.6 Å². The van der Waals surface area contributed by atoms with E-state index >= 15 is 0 Å². The molecule has 0 aromatic heterocycles. The van der Waals surface area contributed by atoms with Crippen molar-refractivity contribution >= 4 is 0 Å². The summed E-state index contributed by atoms with van der Waals surface area (Å²) in [4.78, 5) is 0. The molecule has 0 radical (unpaired) electrons. The van der Waals surface area contributed by atoms with Gasteiger partial charge in [-0.05, 0) is 79.6 Å². The van der Waals surface area contributed by atoms with Gasteiger partial charge in [-0.25, -0.2) is 0 Å². The van der Waals surface area contributed by atoms with Gasteiger partial charge in [-0.3, -0.25) is 0 Å². The lowest BCUT2D eigenvalue weighted by atomic mass is 9.80. The molecule has 2 aromatic carbocycles. The van der Waals surface area contributed by atoms with E-state index in [1.54, 1.807) is 0 Å². The first-order chi connectivity index (χ1) is 15.3. The maximum Gasteiger partial charge on any atom is 0.119 e. The van der Waals surface area contributed by atoms with E-state index in [9.17, 15) is 0 Å². The van der Waals surface area contributed by atoms with Gasteiger partial charge in [-0.2, -0.15) is 0 Å². The van der Waals surface area contributed by atoms with Crippen molar-refractivity contribution in [3.63, 3.8) is 0 Å². The fraction of sp³-hybridized carbons (Fsp3) is 0.517. The zero-order chi connectivity index (χ0) is 21.7. The van der Waals surface area contributed by atoms with Gasteiger partial charge in [-0.15, -0.1) is 0 Å². The van der Waals surface area contributed by atoms with Crippen molar-refractivity contribution < 1.29 is 9.47 Å². The minimum atomic E-state index is 0.714. The normalized spacial score (nSPS) is 18.1. The molecule has 1 fully saturated rings. The third kappa shape index (κ3) is 8.33. The smallest absolute Gasteiger partial charge is 0.119 e. The van der Waals surface area contributed by atoms with Crippen LogP contribution in [0.1, 0.15) is 82.8 Å². The van der Waals surface area contributed by atoms with Crippen LogP contribution in [0.25, 0.3) is 0 Å². The monoisotopic (exact) mass is 418 g/mol. The summed E-state index contributed by atoms with van der Waals surface area (Å²) in [6.07, 6.45) is 11.6. The highest BCUT2D eigenvalue weighted by Crippen LogP contribution is 2.31. The molecule has 31 heavy (non-hydrogen) atoms. The topological polar surface area (TPSA) is 18.5 Å². The molecule has 0 heterocycles. The van der Waals surface area contributed by atoms with Gasteiger partial charge in [0, 0.05) is 11.1 Å². The van der Waals surface area contributed by atoms with Crippen LogP contribution in [0.5, 0.6) is 11.5 Å². The summed E-state index contributed by atoms with van der Waals surface area (Å²) in [5.41, 5.74) is 2.01. The predicted octanol–water partition coefficient (Wildman–Crippen LogP) is 7.64. The fourth-order valence-corrected chi connectivity index (χ4v) is 4.26. The van der Waals surface area contributed by atoms with Crippen LogP contribution in [0.15, 0.2) is 48.5 Å². The molecule has 3 rings (SSSR count). The van der Waals surface area contributed by atoms with Gasteiger partial charge in [0.15, 0.2) is 0 Å². The van der Waals surface area contributed by atoms with Crippen LogP contribution >= 0.6 is 0 Å². The largest absolute Gasteiger partial charge is 0.494 e. The maximum absolute atomic E-state index is 6.06. The number of unbranched alkanes of at least 4 members (excludes halogenated alkanes) is 2. The second-order valence-corrected chi connectivity index (χ2v) is 8.84. The molecule has 2 heteroatoms. The van der Waals surface area contributed by atoms with Gasteiger partial charge in [-0.1, -0.05) is 64.2 Å². The molecule has 2 aromatic rings. The Balaban J connectivity index is 1.42. The van der Waals surface area contributed by atoms with E-state index in [2.05, 4.69) is 25.7 Å². The molecule has 0 bridgehead atoms. The summed E-state index contributed by atoms with van der Waals surface area (Å²) >= 11 is 0. The van der Waals surface area contributed by atoms with E-state index in [0.717, 1.165) is 48.2 Å². The Morgan fingerprint density at radius 3 is 1.77 bits per heavy atom. The lowest BCUT2D eigenvalue weighted by Crippen LogP contribution is -2.20. The molecular weight excluding hydrogens is 380 g/mol. The molecule has 0 atom stereocenters. The van der Waals surface area contributed by atoms with E-state index in [1.807, 2.05) is 48.5 Å². The summed E-state index contributed by atoms with van der Waals surface area (Å²) in [5.74, 6) is 10.0. The molecule has 1 aliphatic carbocycles. The Bertz CT molecular complexity index is 803. The van der Waals surface area contributed by atoms with Crippen molar-refractivity contribution in [2.75, 3.05) is 13.2 Å². The SMILES string of the molecule is CCCCCOc1ccc(C#Cc2ccc(OC[C@H]3CC[C@H](CCC)CC3)cc2)cc1. The third-order valence-electron chi connectivity index (χ3n) is 6.23. The van der Waals surface area contributed by atoms with Gasteiger partial charge in [0.2, 0.25) is 0 Å². The molecule has 1 aliphatic rings. The number of hydrogen-bond acceptors (Lipinski definition) is 2. The van der Waals surface area contributed by atoms with Crippen molar-refractivity contribution in [1.29, 1.82) is 0 Å². The molecular formula is C29H38O2.